The molecule has 15 heavy (non-hydrogen) atoms. The molecule has 1 amide bonds. The second-order valence-corrected chi connectivity index (χ2v) is 5.10. The Labute approximate surface area is 91.5 Å². The molecule has 0 spiro atoms. The number of carbonyl (C=O) groups excluding carboxylic acids is 1. The van der Waals surface area contributed by atoms with Gasteiger partial charge in [0.05, 0.1) is 6.10 Å². The highest BCUT2D eigenvalue weighted by Gasteiger charge is 2.28. The molecule has 4 heteroatoms. The molecule has 1 aliphatic heterocycles. The lowest BCUT2D eigenvalue weighted by Crippen LogP contribution is -2.42. The quantitative estimate of drug-likeness (QED) is 0.722. The maximum atomic E-state index is 11.7. The van der Waals surface area contributed by atoms with E-state index in [0.717, 1.165) is 12.8 Å². The van der Waals surface area contributed by atoms with E-state index in [2.05, 4.69) is 5.32 Å². The van der Waals surface area contributed by atoms with Gasteiger partial charge in [-0.3, -0.25) is 4.79 Å². The van der Waals surface area contributed by atoms with E-state index in [1.54, 1.807) is 0 Å². The van der Waals surface area contributed by atoms with Gasteiger partial charge in [0.15, 0.2) is 0 Å². The fourth-order valence-corrected chi connectivity index (χ4v) is 1.51. The Bertz CT molecular complexity index is 229. The van der Waals surface area contributed by atoms with E-state index in [1.165, 1.54) is 0 Å². The number of rotatable bonds is 4. The molecule has 0 aromatic carbocycles. The van der Waals surface area contributed by atoms with Crippen molar-refractivity contribution in [3.8, 4) is 0 Å². The molecule has 0 aliphatic carbocycles. The topological polar surface area (TPSA) is 64.4 Å². The van der Waals surface area contributed by atoms with Crippen LogP contribution in [0.2, 0.25) is 0 Å². The van der Waals surface area contributed by atoms with Crippen molar-refractivity contribution in [2.45, 2.75) is 45.8 Å². The highest BCUT2D eigenvalue weighted by molar-refractivity contribution is 5.81. The first-order valence-electron chi connectivity index (χ1n) is 5.58. The van der Waals surface area contributed by atoms with Crippen LogP contribution in [0.4, 0.5) is 0 Å². The maximum Gasteiger partial charge on any atom is 0.249 e. The number of carbonyl (C=O) groups is 1. The fraction of sp³-hybridized carbons (Fsp3) is 0.909. The third-order valence-electron chi connectivity index (χ3n) is 2.82. The van der Waals surface area contributed by atoms with Crippen molar-refractivity contribution < 1.29 is 9.53 Å². The molecule has 3 N–H and O–H groups in total. The molecule has 88 valence electrons. The van der Waals surface area contributed by atoms with E-state index in [4.69, 9.17) is 10.5 Å². The number of amides is 1. The summed E-state index contributed by atoms with van der Waals surface area (Å²) < 4.78 is 5.48. The Hall–Kier alpha value is -0.610. The molecule has 1 aliphatic rings. The Morgan fingerprint density at radius 3 is 2.67 bits per heavy atom. The maximum absolute atomic E-state index is 11.7. The fourth-order valence-electron chi connectivity index (χ4n) is 1.51. The Balaban J connectivity index is 2.30. The number of hydrogen-bond acceptors (Lipinski definition) is 3. The zero-order chi connectivity index (χ0) is 11.5. The summed E-state index contributed by atoms with van der Waals surface area (Å²) in [7, 11) is 0. The normalized spacial score (nSPS) is 26.7. The van der Waals surface area contributed by atoms with Gasteiger partial charge in [-0.2, -0.15) is 0 Å². The van der Waals surface area contributed by atoms with Gasteiger partial charge < -0.3 is 15.8 Å². The van der Waals surface area contributed by atoms with Crippen LogP contribution in [-0.4, -0.2) is 31.2 Å². The Morgan fingerprint density at radius 2 is 2.20 bits per heavy atom. The van der Waals surface area contributed by atoms with Crippen LogP contribution in [0.15, 0.2) is 0 Å². The summed E-state index contributed by atoms with van der Waals surface area (Å²) >= 11 is 0. The van der Waals surface area contributed by atoms with Gasteiger partial charge >= 0.3 is 0 Å². The van der Waals surface area contributed by atoms with E-state index in [1.807, 2.05) is 20.8 Å². The summed E-state index contributed by atoms with van der Waals surface area (Å²) in [6.45, 7) is 7.24. The Morgan fingerprint density at radius 1 is 1.53 bits per heavy atom. The largest absolute Gasteiger partial charge is 0.365 e. The molecule has 0 aromatic rings. The summed E-state index contributed by atoms with van der Waals surface area (Å²) in [5.41, 5.74) is 5.54. The van der Waals surface area contributed by atoms with E-state index in [-0.39, 0.29) is 23.5 Å². The third-order valence-corrected chi connectivity index (χ3v) is 2.82. The van der Waals surface area contributed by atoms with E-state index >= 15 is 0 Å². The van der Waals surface area contributed by atoms with Crippen LogP contribution in [0.1, 0.15) is 33.6 Å². The van der Waals surface area contributed by atoms with Crippen molar-refractivity contribution in [2.24, 2.45) is 11.1 Å². The van der Waals surface area contributed by atoms with Crippen LogP contribution in [0.25, 0.3) is 0 Å². The minimum Gasteiger partial charge on any atom is -0.365 e. The van der Waals surface area contributed by atoms with Gasteiger partial charge in [-0.1, -0.05) is 13.8 Å². The van der Waals surface area contributed by atoms with Crippen LogP contribution in [0.5, 0.6) is 0 Å². The monoisotopic (exact) mass is 214 g/mol. The average Bonchev–Trinajstić information content (AvgIpc) is 2.61. The minimum atomic E-state index is -0.256. The predicted octanol–water partition coefficient (Wildman–Crippen LogP) is 0.655. The van der Waals surface area contributed by atoms with Crippen molar-refractivity contribution in [1.29, 1.82) is 0 Å². The standard InChI is InChI=1S/C11H22N2O2/c1-8-4-5-9(15-8)10(14)13-7-11(2,3)6-12/h8-9H,4-7,12H2,1-3H3,(H,13,14). The first-order chi connectivity index (χ1) is 6.94. The smallest absolute Gasteiger partial charge is 0.249 e. The third kappa shape index (κ3) is 3.80. The molecule has 1 saturated heterocycles. The average molecular weight is 214 g/mol. The van der Waals surface area contributed by atoms with Gasteiger partial charge in [0, 0.05) is 6.54 Å². The number of ether oxygens (including phenoxy) is 1. The van der Waals surface area contributed by atoms with Crippen LogP contribution in [0.3, 0.4) is 0 Å². The molecule has 1 heterocycles. The molecule has 1 fully saturated rings. The molecule has 0 bridgehead atoms. The lowest BCUT2D eigenvalue weighted by atomic mass is 9.94. The lowest BCUT2D eigenvalue weighted by Gasteiger charge is -2.23. The van der Waals surface area contributed by atoms with Crippen LogP contribution in [-0.2, 0) is 9.53 Å². The summed E-state index contributed by atoms with van der Waals surface area (Å²) in [6, 6.07) is 0. The molecule has 0 aromatic heterocycles. The minimum absolute atomic E-state index is 0.000810. The number of nitrogens with two attached hydrogens (primary N) is 1. The van der Waals surface area contributed by atoms with Crippen LogP contribution >= 0.6 is 0 Å². The van der Waals surface area contributed by atoms with Crippen LogP contribution < -0.4 is 11.1 Å². The number of nitrogens with one attached hydrogen (secondary N) is 1. The van der Waals surface area contributed by atoms with Gasteiger partial charge in [0.1, 0.15) is 6.10 Å². The van der Waals surface area contributed by atoms with Gasteiger partial charge in [0.2, 0.25) is 5.91 Å². The molecule has 1 rings (SSSR count). The first kappa shape index (κ1) is 12.5. The summed E-state index contributed by atoms with van der Waals surface area (Å²) in [5, 5.41) is 2.89. The molecule has 2 atom stereocenters. The van der Waals surface area contributed by atoms with Crippen molar-refractivity contribution in [3.63, 3.8) is 0 Å². The van der Waals surface area contributed by atoms with E-state index in [9.17, 15) is 4.79 Å². The van der Waals surface area contributed by atoms with Gasteiger partial charge in [-0.05, 0) is 31.7 Å². The van der Waals surface area contributed by atoms with Crippen LogP contribution in [0, 0.1) is 5.41 Å². The molecular weight excluding hydrogens is 192 g/mol. The lowest BCUT2D eigenvalue weighted by molar-refractivity contribution is -0.132. The SMILES string of the molecule is CC1CCC(C(=O)NCC(C)(C)CN)O1. The zero-order valence-electron chi connectivity index (χ0n) is 9.88. The second kappa shape index (κ2) is 4.94. The first-order valence-corrected chi connectivity index (χ1v) is 5.58. The summed E-state index contributed by atoms with van der Waals surface area (Å²) in [5.74, 6) is 0.000810. The van der Waals surface area contributed by atoms with E-state index in [0.29, 0.717) is 13.1 Å². The van der Waals surface area contributed by atoms with Crippen molar-refractivity contribution in [3.05, 3.63) is 0 Å². The highest BCUT2D eigenvalue weighted by atomic mass is 16.5. The molecular formula is C11H22N2O2. The second-order valence-electron chi connectivity index (χ2n) is 5.10. The molecule has 0 saturated carbocycles. The Kier molecular flexibility index (Phi) is 4.11. The van der Waals surface area contributed by atoms with Crippen molar-refractivity contribution in [1.82, 2.24) is 5.32 Å². The zero-order valence-corrected chi connectivity index (χ0v) is 9.88. The molecule has 4 nitrogen and oxygen atoms in total. The summed E-state index contributed by atoms with van der Waals surface area (Å²) in [4.78, 5) is 11.7. The molecule has 2 unspecified atom stereocenters. The highest BCUT2D eigenvalue weighted by Crippen LogP contribution is 2.19. The summed E-state index contributed by atoms with van der Waals surface area (Å²) in [6.07, 6.45) is 1.76. The van der Waals surface area contributed by atoms with Crippen molar-refractivity contribution >= 4 is 5.91 Å². The van der Waals surface area contributed by atoms with Gasteiger partial charge in [-0.25, -0.2) is 0 Å². The number of hydrogen-bond donors (Lipinski definition) is 2. The predicted molar refractivity (Wildman–Crippen MR) is 59.4 cm³/mol. The van der Waals surface area contributed by atoms with Gasteiger partial charge in [-0.15, -0.1) is 0 Å². The van der Waals surface area contributed by atoms with Gasteiger partial charge in [0.25, 0.3) is 0 Å². The molecule has 0 radical (unpaired) electrons. The van der Waals surface area contributed by atoms with Crippen molar-refractivity contribution in [2.75, 3.05) is 13.1 Å². The van der Waals surface area contributed by atoms with E-state index < -0.39 is 0 Å².